The second kappa shape index (κ2) is 10.3. The number of rotatable bonds is 10. The van der Waals surface area contributed by atoms with Gasteiger partial charge in [0.2, 0.25) is 0 Å². The van der Waals surface area contributed by atoms with Crippen molar-refractivity contribution >= 4 is 11.3 Å². The number of benzene rings is 1. The van der Waals surface area contributed by atoms with Crippen molar-refractivity contribution in [2.45, 2.75) is 39.5 Å². The Kier molecular flexibility index (Phi) is 7.73. The molecule has 0 saturated carbocycles. The Labute approximate surface area is 172 Å². The number of hydrogen-bond donors (Lipinski definition) is 1. The number of fused-ring (bicyclic) bond motifs is 1. The first-order valence-corrected chi connectivity index (χ1v) is 11.0. The molecule has 0 unspecified atom stereocenters. The van der Waals surface area contributed by atoms with E-state index in [2.05, 4.69) is 47.2 Å². The molecule has 154 valence electrons. The number of hydrogen-bond acceptors (Lipinski definition) is 6. The minimum atomic E-state index is -0.516. The predicted octanol–water partition coefficient (Wildman–Crippen LogP) is 3.40. The molecule has 28 heavy (non-hydrogen) atoms. The van der Waals surface area contributed by atoms with Gasteiger partial charge in [0.05, 0.1) is 7.11 Å². The standard InChI is InChI=1S/C22H32N2O3S/c1-4-23(5-2)15-19(25)16-27-20-7-6-17(12-21(20)26-3)13-24-10-8-22-18(14-24)9-11-28-22/h6-7,9,11-12,19,25H,4-5,8,10,13-16H2,1-3H3/t19-/m0/s1. The Morgan fingerprint density at radius 3 is 2.79 bits per heavy atom. The Balaban J connectivity index is 1.56. The van der Waals surface area contributed by atoms with E-state index >= 15 is 0 Å². The molecule has 0 spiro atoms. The third-order valence-corrected chi connectivity index (χ3v) is 6.34. The Morgan fingerprint density at radius 2 is 2.04 bits per heavy atom. The lowest BCUT2D eigenvalue weighted by Crippen LogP contribution is -2.35. The molecule has 1 atom stereocenters. The minimum absolute atomic E-state index is 0.263. The second-order valence-corrected chi connectivity index (χ2v) is 8.27. The van der Waals surface area contributed by atoms with E-state index in [4.69, 9.17) is 9.47 Å². The van der Waals surface area contributed by atoms with Crippen LogP contribution in [-0.4, -0.2) is 60.9 Å². The van der Waals surface area contributed by atoms with Crippen molar-refractivity contribution in [2.24, 2.45) is 0 Å². The third-order valence-electron chi connectivity index (χ3n) is 5.32. The molecule has 2 aromatic rings. The van der Waals surface area contributed by atoms with Crippen molar-refractivity contribution in [3.63, 3.8) is 0 Å². The van der Waals surface area contributed by atoms with Crippen molar-refractivity contribution in [1.82, 2.24) is 9.80 Å². The van der Waals surface area contributed by atoms with Crippen molar-refractivity contribution in [3.8, 4) is 11.5 Å². The molecule has 6 heteroatoms. The van der Waals surface area contributed by atoms with Crippen LogP contribution in [0.15, 0.2) is 29.6 Å². The molecule has 1 aromatic carbocycles. The average molecular weight is 405 g/mol. The summed E-state index contributed by atoms with van der Waals surface area (Å²) < 4.78 is 11.4. The lowest BCUT2D eigenvalue weighted by molar-refractivity contribution is 0.0705. The van der Waals surface area contributed by atoms with E-state index < -0.39 is 6.10 Å². The Bertz CT molecular complexity index is 745. The lowest BCUT2D eigenvalue weighted by atomic mass is 10.1. The van der Waals surface area contributed by atoms with Crippen LogP contribution in [0.25, 0.3) is 0 Å². The molecule has 0 bridgehead atoms. The zero-order chi connectivity index (χ0) is 19.9. The predicted molar refractivity (Wildman–Crippen MR) is 114 cm³/mol. The summed E-state index contributed by atoms with van der Waals surface area (Å²) in [6.07, 6.45) is 0.618. The van der Waals surface area contributed by atoms with E-state index in [0.29, 0.717) is 12.3 Å². The molecule has 0 saturated heterocycles. The molecular weight excluding hydrogens is 372 g/mol. The van der Waals surface area contributed by atoms with Gasteiger partial charge in [-0.15, -0.1) is 11.3 Å². The normalized spacial score (nSPS) is 15.5. The maximum Gasteiger partial charge on any atom is 0.161 e. The SMILES string of the molecule is CCN(CC)C[C@H](O)COc1ccc(CN2CCc3sccc3C2)cc1OC. The fraction of sp³-hybridized carbons (Fsp3) is 0.545. The van der Waals surface area contributed by atoms with Crippen LogP contribution in [-0.2, 0) is 19.5 Å². The number of likely N-dealkylation sites (N-methyl/N-ethyl adjacent to an activating group) is 1. The number of methoxy groups -OCH3 is 1. The van der Waals surface area contributed by atoms with Gasteiger partial charge in [-0.05, 0) is 54.2 Å². The molecule has 2 heterocycles. The maximum atomic E-state index is 10.2. The number of aliphatic hydroxyl groups excluding tert-OH is 1. The first-order valence-electron chi connectivity index (χ1n) is 10.1. The molecule has 1 aliphatic rings. The second-order valence-electron chi connectivity index (χ2n) is 7.27. The molecule has 1 N–H and O–H groups in total. The van der Waals surface area contributed by atoms with Crippen molar-refractivity contribution in [2.75, 3.05) is 39.9 Å². The van der Waals surface area contributed by atoms with Crippen molar-refractivity contribution in [1.29, 1.82) is 0 Å². The lowest BCUT2D eigenvalue weighted by Gasteiger charge is -2.27. The average Bonchev–Trinajstić information content (AvgIpc) is 3.18. The third kappa shape index (κ3) is 5.47. The topological polar surface area (TPSA) is 45.2 Å². The Hall–Kier alpha value is -1.60. The van der Waals surface area contributed by atoms with Crippen LogP contribution in [0.1, 0.15) is 29.9 Å². The van der Waals surface area contributed by atoms with Crippen LogP contribution < -0.4 is 9.47 Å². The molecule has 0 radical (unpaired) electrons. The van der Waals surface area contributed by atoms with Gasteiger partial charge in [-0.2, -0.15) is 0 Å². The largest absolute Gasteiger partial charge is 0.493 e. The van der Waals surface area contributed by atoms with Gasteiger partial charge in [-0.3, -0.25) is 4.90 Å². The van der Waals surface area contributed by atoms with E-state index in [1.54, 1.807) is 7.11 Å². The summed E-state index contributed by atoms with van der Waals surface area (Å²) in [6, 6.07) is 8.35. The van der Waals surface area contributed by atoms with Gasteiger partial charge in [0.25, 0.3) is 0 Å². The van der Waals surface area contributed by atoms with Crippen LogP contribution in [0.3, 0.4) is 0 Å². The highest BCUT2D eigenvalue weighted by Gasteiger charge is 2.18. The molecule has 3 rings (SSSR count). The summed E-state index contributed by atoms with van der Waals surface area (Å²) in [4.78, 5) is 6.19. The highest BCUT2D eigenvalue weighted by atomic mass is 32.1. The molecule has 5 nitrogen and oxygen atoms in total. The fourth-order valence-corrected chi connectivity index (χ4v) is 4.54. The fourth-order valence-electron chi connectivity index (χ4n) is 3.65. The highest BCUT2D eigenvalue weighted by molar-refractivity contribution is 7.10. The number of ether oxygens (including phenoxy) is 2. The minimum Gasteiger partial charge on any atom is -0.493 e. The number of aliphatic hydroxyl groups is 1. The molecule has 0 amide bonds. The van der Waals surface area contributed by atoms with E-state index in [1.165, 1.54) is 16.0 Å². The summed E-state index contributed by atoms with van der Waals surface area (Å²) >= 11 is 1.87. The van der Waals surface area contributed by atoms with E-state index in [0.717, 1.165) is 44.9 Å². The van der Waals surface area contributed by atoms with Gasteiger partial charge in [0.1, 0.15) is 12.7 Å². The maximum absolute atomic E-state index is 10.2. The summed E-state index contributed by atoms with van der Waals surface area (Å²) in [5.41, 5.74) is 2.68. The van der Waals surface area contributed by atoms with Crippen LogP contribution in [0.2, 0.25) is 0 Å². The summed E-state index contributed by atoms with van der Waals surface area (Å²) in [7, 11) is 1.66. The summed E-state index contributed by atoms with van der Waals surface area (Å²) in [6.45, 7) is 9.93. The van der Waals surface area contributed by atoms with E-state index in [1.807, 2.05) is 17.4 Å². The van der Waals surface area contributed by atoms with Crippen LogP contribution >= 0.6 is 11.3 Å². The number of thiophene rings is 1. The molecule has 1 aromatic heterocycles. The quantitative estimate of drug-likeness (QED) is 0.658. The smallest absolute Gasteiger partial charge is 0.161 e. The zero-order valence-electron chi connectivity index (χ0n) is 17.2. The van der Waals surface area contributed by atoms with Crippen LogP contribution in [0, 0.1) is 0 Å². The first-order chi connectivity index (χ1) is 13.6. The monoisotopic (exact) mass is 404 g/mol. The Morgan fingerprint density at radius 1 is 1.21 bits per heavy atom. The van der Waals surface area contributed by atoms with E-state index in [-0.39, 0.29) is 6.61 Å². The van der Waals surface area contributed by atoms with Gasteiger partial charge in [0.15, 0.2) is 11.5 Å². The van der Waals surface area contributed by atoms with Gasteiger partial charge < -0.3 is 19.5 Å². The van der Waals surface area contributed by atoms with E-state index in [9.17, 15) is 5.11 Å². The van der Waals surface area contributed by atoms with Crippen molar-refractivity contribution in [3.05, 3.63) is 45.6 Å². The van der Waals surface area contributed by atoms with Crippen LogP contribution in [0.5, 0.6) is 11.5 Å². The summed E-state index contributed by atoms with van der Waals surface area (Å²) in [5.74, 6) is 1.41. The molecule has 0 aliphatic carbocycles. The van der Waals surface area contributed by atoms with Gasteiger partial charge >= 0.3 is 0 Å². The number of nitrogens with zero attached hydrogens (tertiary/aromatic N) is 2. The van der Waals surface area contributed by atoms with Gasteiger partial charge in [-0.25, -0.2) is 0 Å². The molecular formula is C22H32N2O3S. The van der Waals surface area contributed by atoms with Crippen molar-refractivity contribution < 1.29 is 14.6 Å². The zero-order valence-corrected chi connectivity index (χ0v) is 18.0. The molecule has 0 fully saturated rings. The summed E-state index contributed by atoms with van der Waals surface area (Å²) in [5, 5.41) is 12.4. The first kappa shape index (κ1) is 21.1. The highest BCUT2D eigenvalue weighted by Crippen LogP contribution is 2.30. The van der Waals surface area contributed by atoms with Gasteiger partial charge in [-0.1, -0.05) is 19.9 Å². The van der Waals surface area contributed by atoms with Gasteiger partial charge in [0, 0.05) is 31.1 Å². The molecule has 1 aliphatic heterocycles. The van der Waals surface area contributed by atoms with Crippen LogP contribution in [0.4, 0.5) is 0 Å².